The number of hydrogen-bond acceptors (Lipinski definition) is 10. The number of esters is 4. The van der Waals surface area contributed by atoms with Crippen LogP contribution in [0.15, 0.2) is 109 Å². The Morgan fingerprint density at radius 2 is 0.900 bits per heavy atom. The van der Waals surface area contributed by atoms with E-state index in [0.717, 1.165) is 24.2 Å². The normalized spacial score (nSPS) is 11.3. The smallest absolute Gasteiger partial charge is 0.453 e. The number of hydrogen-bond donors (Lipinski definition) is 0. The van der Waals surface area contributed by atoms with Gasteiger partial charge in [0.1, 0.15) is 23.0 Å². The number of ether oxygens (including phenoxy) is 6. The molecule has 0 aliphatic carbocycles. The summed E-state index contributed by atoms with van der Waals surface area (Å²) in [7, 11) is 2.58. The van der Waals surface area contributed by atoms with E-state index in [1.54, 1.807) is 66.7 Å². The minimum atomic E-state index is -5.59. The van der Waals surface area contributed by atoms with E-state index in [4.69, 9.17) is 18.9 Å². The van der Waals surface area contributed by atoms with Gasteiger partial charge in [0.15, 0.2) is 0 Å². The highest BCUT2D eigenvalue weighted by Crippen LogP contribution is 2.38. The van der Waals surface area contributed by atoms with Gasteiger partial charge in [-0.1, -0.05) is 50.5 Å². The van der Waals surface area contributed by atoms with Gasteiger partial charge < -0.3 is 28.4 Å². The molecule has 0 radical (unpaired) electrons. The fraction of sp³-hybridized carbons (Fsp3) is 0.289. The Kier molecular flexibility index (Phi) is 19.5. The molecule has 4 rings (SSSR count). The van der Waals surface area contributed by atoms with E-state index in [0.29, 0.717) is 23.5 Å². The molecule has 0 saturated carbocycles. The van der Waals surface area contributed by atoms with E-state index in [2.05, 4.69) is 16.4 Å². The molecule has 15 heteroatoms. The maximum Gasteiger partial charge on any atom is 0.453 e. The van der Waals surface area contributed by atoms with Crippen molar-refractivity contribution in [2.45, 2.75) is 57.5 Å². The van der Waals surface area contributed by atoms with Crippen LogP contribution >= 0.6 is 0 Å². The maximum absolute atomic E-state index is 12.8. The molecule has 0 saturated heterocycles. The highest BCUT2D eigenvalue weighted by Gasteiger charge is 2.56. The zero-order chi connectivity index (χ0) is 44.0. The highest BCUT2D eigenvalue weighted by molar-refractivity contribution is 5.92. The van der Waals surface area contributed by atoms with Crippen LogP contribution in [0.1, 0.15) is 77.3 Å². The predicted octanol–water partition coefficient (Wildman–Crippen LogP) is 10.5. The monoisotopic (exact) mass is 840 g/mol. The van der Waals surface area contributed by atoms with E-state index in [9.17, 15) is 41.1 Å². The van der Waals surface area contributed by atoms with Crippen molar-refractivity contribution in [3.05, 3.63) is 131 Å². The summed E-state index contributed by atoms with van der Waals surface area (Å²) in [6, 6.07) is 25.6. The second-order valence-corrected chi connectivity index (χ2v) is 12.7. The van der Waals surface area contributed by atoms with E-state index in [-0.39, 0.29) is 23.7 Å². The molecule has 0 amide bonds. The van der Waals surface area contributed by atoms with Crippen molar-refractivity contribution in [1.82, 2.24) is 0 Å². The number of halogens is 5. The first-order valence-corrected chi connectivity index (χ1v) is 18.7. The van der Waals surface area contributed by atoms with Crippen molar-refractivity contribution in [1.29, 1.82) is 0 Å². The van der Waals surface area contributed by atoms with Crippen LogP contribution in [0.25, 0.3) is 12.2 Å². The van der Waals surface area contributed by atoms with Gasteiger partial charge in [-0.25, -0.2) is 19.2 Å². The molecule has 0 N–H and O–H groups in total. The molecule has 4 aromatic rings. The number of carbonyl (C=O) groups is 4. The van der Waals surface area contributed by atoms with Crippen molar-refractivity contribution in [2.24, 2.45) is 0 Å². The van der Waals surface area contributed by atoms with Crippen LogP contribution < -0.4 is 18.9 Å². The SMILES string of the molecule is CCCCCCOc1ccc(C(=O)Oc2ccc(/C=C/C(=O)OC)cc2)cc1.COC(=O)/C=C/c1ccc(OC(=O)c2ccc(OCCCC(F)(F)C(F)(F)F)cc2)cc1. The van der Waals surface area contributed by atoms with Gasteiger partial charge in [-0.2, -0.15) is 22.0 Å². The molecule has 60 heavy (non-hydrogen) atoms. The van der Waals surface area contributed by atoms with Gasteiger partial charge in [0, 0.05) is 18.6 Å². The molecule has 0 fully saturated rings. The highest BCUT2D eigenvalue weighted by atomic mass is 19.4. The fourth-order valence-corrected chi connectivity index (χ4v) is 4.81. The number of benzene rings is 4. The minimum absolute atomic E-state index is 0.176. The zero-order valence-electron chi connectivity index (χ0n) is 33.2. The van der Waals surface area contributed by atoms with Crippen LogP contribution in [0.3, 0.4) is 0 Å². The summed E-state index contributed by atoms with van der Waals surface area (Å²) < 4.78 is 92.4. The first-order valence-electron chi connectivity index (χ1n) is 18.7. The number of carbonyl (C=O) groups excluding carboxylic acids is 4. The number of unbranched alkanes of at least 4 members (excludes halogenated alkanes) is 3. The Balaban J connectivity index is 0.000000323. The largest absolute Gasteiger partial charge is 0.494 e. The van der Waals surface area contributed by atoms with Crippen molar-refractivity contribution in [3.8, 4) is 23.0 Å². The molecule has 4 aromatic carbocycles. The van der Waals surface area contributed by atoms with Crippen molar-refractivity contribution in [2.75, 3.05) is 27.4 Å². The van der Waals surface area contributed by atoms with Gasteiger partial charge in [-0.3, -0.25) is 0 Å². The average Bonchev–Trinajstić information content (AvgIpc) is 3.24. The van der Waals surface area contributed by atoms with Crippen LogP contribution in [-0.4, -0.2) is 63.4 Å². The average molecular weight is 841 g/mol. The summed E-state index contributed by atoms with van der Waals surface area (Å²) in [6.07, 6.45) is 2.87. The molecule has 0 bridgehead atoms. The summed E-state index contributed by atoms with van der Waals surface area (Å²) in [5.74, 6) is -5.16. The summed E-state index contributed by atoms with van der Waals surface area (Å²) >= 11 is 0. The molecule has 0 spiro atoms. The van der Waals surface area contributed by atoms with Crippen molar-refractivity contribution >= 4 is 36.0 Å². The summed E-state index contributed by atoms with van der Waals surface area (Å²) in [5, 5.41) is 0. The third kappa shape index (κ3) is 17.1. The van der Waals surface area contributed by atoms with E-state index in [1.807, 2.05) is 0 Å². The molecular weight excluding hydrogens is 795 g/mol. The van der Waals surface area contributed by atoms with E-state index >= 15 is 0 Å². The first kappa shape index (κ1) is 47.9. The molecule has 0 unspecified atom stereocenters. The molecule has 10 nitrogen and oxygen atoms in total. The Morgan fingerprint density at radius 1 is 0.517 bits per heavy atom. The topological polar surface area (TPSA) is 124 Å². The van der Waals surface area contributed by atoms with Crippen LogP contribution in [0, 0.1) is 0 Å². The molecular formula is C45H45F5O10. The molecule has 0 aromatic heterocycles. The van der Waals surface area contributed by atoms with Crippen molar-refractivity contribution < 1.29 is 69.6 Å². The van der Waals surface area contributed by atoms with Crippen LogP contribution in [-0.2, 0) is 19.1 Å². The van der Waals surface area contributed by atoms with Gasteiger partial charge in [0.05, 0.1) is 38.6 Å². The standard InChI is InChI=1S/C23H26O5.C22H19F5O5/c1-3-4-5-6-17-27-20-14-10-19(11-15-20)23(25)28-21-12-7-18(8-13-21)9-16-22(24)26-2;1-30-19(28)12-5-15-3-8-18(9-4-15)32-20(29)16-6-10-17(11-7-16)31-14-2-13-21(23,24)22(25,26)27/h7-16H,3-6,17H2,1-2H3;3-12H,2,13-14H2,1H3/b16-9+;12-5+. The quantitative estimate of drug-likeness (QED) is 0.0296. The van der Waals surface area contributed by atoms with Gasteiger partial charge in [-0.15, -0.1) is 0 Å². The van der Waals surface area contributed by atoms with Gasteiger partial charge >= 0.3 is 36.0 Å². The van der Waals surface area contributed by atoms with Crippen LogP contribution in [0.2, 0.25) is 0 Å². The summed E-state index contributed by atoms with van der Waals surface area (Å²) in [4.78, 5) is 46.6. The lowest BCUT2D eigenvalue weighted by atomic mass is 10.2. The Bertz CT molecular complexity index is 2010. The van der Waals surface area contributed by atoms with E-state index < -0.39 is 48.8 Å². The number of alkyl halides is 5. The lowest BCUT2D eigenvalue weighted by Crippen LogP contribution is -2.36. The molecule has 0 aliphatic heterocycles. The van der Waals surface area contributed by atoms with Gasteiger partial charge in [-0.05, 0) is 109 Å². The zero-order valence-corrected chi connectivity index (χ0v) is 33.2. The lowest BCUT2D eigenvalue weighted by Gasteiger charge is -2.19. The Labute approximate surface area is 344 Å². The Morgan fingerprint density at radius 3 is 1.27 bits per heavy atom. The second-order valence-electron chi connectivity index (χ2n) is 12.7. The van der Waals surface area contributed by atoms with Gasteiger partial charge in [0.2, 0.25) is 0 Å². The van der Waals surface area contributed by atoms with Crippen molar-refractivity contribution in [3.63, 3.8) is 0 Å². The third-order valence-electron chi connectivity index (χ3n) is 8.17. The second kappa shape index (κ2) is 24.4. The maximum atomic E-state index is 12.8. The number of methoxy groups -OCH3 is 2. The fourth-order valence-electron chi connectivity index (χ4n) is 4.81. The van der Waals surface area contributed by atoms with Crippen LogP contribution in [0.4, 0.5) is 22.0 Å². The molecule has 0 atom stereocenters. The van der Waals surface area contributed by atoms with Crippen LogP contribution in [0.5, 0.6) is 23.0 Å². The summed E-state index contributed by atoms with van der Waals surface area (Å²) in [6.45, 7) is 2.52. The lowest BCUT2D eigenvalue weighted by molar-refractivity contribution is -0.284. The van der Waals surface area contributed by atoms with E-state index in [1.165, 1.54) is 81.7 Å². The Hall–Kier alpha value is -6.51. The third-order valence-corrected chi connectivity index (χ3v) is 8.17. The molecule has 0 heterocycles. The van der Waals surface area contributed by atoms with Gasteiger partial charge in [0.25, 0.3) is 0 Å². The summed E-state index contributed by atoms with van der Waals surface area (Å²) in [5.41, 5.74) is 2.11. The predicted molar refractivity (Wildman–Crippen MR) is 213 cm³/mol. The first-order chi connectivity index (χ1) is 28.6. The minimum Gasteiger partial charge on any atom is -0.494 e. The molecule has 0 aliphatic rings. The number of rotatable bonds is 19. The molecule has 320 valence electrons.